The first-order chi connectivity index (χ1) is 15.9. The lowest BCUT2D eigenvalue weighted by Gasteiger charge is -2.31. The lowest BCUT2D eigenvalue weighted by Crippen LogP contribution is -2.42. The molecule has 0 radical (unpaired) electrons. The Bertz CT molecular complexity index is 1110. The number of carbonyl (C=O) groups is 3. The van der Waals surface area contributed by atoms with E-state index in [0.29, 0.717) is 72.5 Å². The van der Waals surface area contributed by atoms with Gasteiger partial charge in [0.2, 0.25) is 11.8 Å². The van der Waals surface area contributed by atoms with Crippen LogP contribution in [0.2, 0.25) is 5.02 Å². The van der Waals surface area contributed by atoms with Gasteiger partial charge in [-0.25, -0.2) is 0 Å². The fraction of sp³-hybridized carbons (Fsp3) is 0.292. The molecule has 2 aliphatic heterocycles. The third-order valence-electron chi connectivity index (χ3n) is 5.65. The Morgan fingerprint density at radius 1 is 1.09 bits per heavy atom. The molecule has 9 heteroatoms. The van der Waals surface area contributed by atoms with E-state index in [4.69, 9.17) is 26.8 Å². The molecule has 2 aromatic carbocycles. The second kappa shape index (κ2) is 9.95. The smallest absolute Gasteiger partial charge is 0.255 e. The zero-order valence-corrected chi connectivity index (χ0v) is 18.6. The molecule has 0 atom stereocenters. The van der Waals surface area contributed by atoms with Crippen LogP contribution in [0.4, 0.5) is 5.69 Å². The van der Waals surface area contributed by atoms with Crippen molar-refractivity contribution < 1.29 is 23.9 Å². The fourth-order valence-electron chi connectivity index (χ4n) is 3.89. The summed E-state index contributed by atoms with van der Waals surface area (Å²) in [5.74, 6) is -0.101. The van der Waals surface area contributed by atoms with Gasteiger partial charge in [-0.2, -0.15) is 0 Å². The zero-order chi connectivity index (χ0) is 23.4. The molecule has 2 aromatic rings. The summed E-state index contributed by atoms with van der Waals surface area (Å²) >= 11 is 6.24. The number of nitrogens with two attached hydrogens (primary N) is 1. The number of nitrogens with one attached hydrogen (secondary N) is 1. The van der Waals surface area contributed by atoms with Crippen LogP contribution in [-0.4, -0.2) is 48.9 Å². The van der Waals surface area contributed by atoms with Gasteiger partial charge < -0.3 is 25.4 Å². The van der Waals surface area contributed by atoms with Crippen LogP contribution in [0.5, 0.6) is 11.5 Å². The number of hydrogen-bond donors (Lipinski definition) is 2. The number of carbonyl (C=O) groups excluding carboxylic acids is 3. The summed E-state index contributed by atoms with van der Waals surface area (Å²) in [7, 11) is 0. The molecule has 8 nitrogen and oxygen atoms in total. The molecule has 1 fully saturated rings. The van der Waals surface area contributed by atoms with Crippen LogP contribution in [0.3, 0.4) is 0 Å². The topological polar surface area (TPSA) is 111 Å². The highest BCUT2D eigenvalue weighted by atomic mass is 35.5. The summed E-state index contributed by atoms with van der Waals surface area (Å²) in [6.45, 7) is 1.76. The molecular formula is C24H24ClN3O5. The normalized spacial score (nSPS) is 16.0. The highest BCUT2D eigenvalue weighted by Gasteiger charge is 2.27. The van der Waals surface area contributed by atoms with E-state index in [1.807, 2.05) is 0 Å². The van der Waals surface area contributed by atoms with Crippen molar-refractivity contribution >= 4 is 41.1 Å². The zero-order valence-electron chi connectivity index (χ0n) is 17.9. The van der Waals surface area contributed by atoms with Gasteiger partial charge in [0.25, 0.3) is 5.91 Å². The lowest BCUT2D eigenvalue weighted by atomic mass is 9.95. The van der Waals surface area contributed by atoms with Gasteiger partial charge in [-0.1, -0.05) is 23.7 Å². The number of primary amides is 1. The molecule has 4 rings (SSSR count). The maximum atomic E-state index is 13.0. The lowest BCUT2D eigenvalue weighted by molar-refractivity contribution is -0.123. The third-order valence-corrected chi connectivity index (χ3v) is 5.93. The highest BCUT2D eigenvalue weighted by Crippen LogP contribution is 2.38. The third kappa shape index (κ3) is 5.28. The summed E-state index contributed by atoms with van der Waals surface area (Å²) < 4.78 is 11.1. The Kier molecular flexibility index (Phi) is 6.84. The summed E-state index contributed by atoms with van der Waals surface area (Å²) in [6, 6.07) is 10.3. The van der Waals surface area contributed by atoms with E-state index in [9.17, 15) is 14.4 Å². The minimum Gasteiger partial charge on any atom is -0.486 e. The van der Waals surface area contributed by atoms with Crippen molar-refractivity contribution in [2.24, 2.45) is 11.7 Å². The van der Waals surface area contributed by atoms with Crippen LogP contribution in [-0.2, 0) is 9.59 Å². The molecule has 3 amide bonds. The molecule has 2 heterocycles. The van der Waals surface area contributed by atoms with Gasteiger partial charge in [-0.3, -0.25) is 14.4 Å². The van der Waals surface area contributed by atoms with Gasteiger partial charge in [0.15, 0.2) is 11.5 Å². The number of fused-ring (bicyclic) bond motifs is 1. The molecule has 0 spiro atoms. The largest absolute Gasteiger partial charge is 0.486 e. The molecule has 172 valence electrons. The maximum absolute atomic E-state index is 13.0. The summed E-state index contributed by atoms with van der Waals surface area (Å²) in [5, 5.41) is 3.17. The molecular weight excluding hydrogens is 446 g/mol. The van der Waals surface area contributed by atoms with Crippen molar-refractivity contribution in [2.75, 3.05) is 31.6 Å². The number of rotatable bonds is 5. The van der Waals surface area contributed by atoms with Gasteiger partial charge in [-0.15, -0.1) is 0 Å². The number of likely N-dealkylation sites (tertiary alicyclic amines) is 1. The van der Waals surface area contributed by atoms with Gasteiger partial charge in [-0.05, 0) is 48.7 Å². The molecule has 33 heavy (non-hydrogen) atoms. The van der Waals surface area contributed by atoms with E-state index < -0.39 is 5.91 Å². The van der Waals surface area contributed by atoms with Crippen molar-refractivity contribution in [1.29, 1.82) is 0 Å². The Balaban J connectivity index is 1.43. The van der Waals surface area contributed by atoms with E-state index in [1.54, 1.807) is 47.4 Å². The first-order valence-electron chi connectivity index (χ1n) is 10.7. The van der Waals surface area contributed by atoms with Gasteiger partial charge >= 0.3 is 0 Å². The van der Waals surface area contributed by atoms with E-state index in [0.717, 1.165) is 0 Å². The number of anilines is 1. The van der Waals surface area contributed by atoms with Crippen molar-refractivity contribution in [1.82, 2.24) is 4.90 Å². The van der Waals surface area contributed by atoms with E-state index in [1.165, 1.54) is 6.08 Å². The number of nitrogens with zero attached hydrogens (tertiary/aromatic N) is 1. The summed E-state index contributed by atoms with van der Waals surface area (Å²) in [4.78, 5) is 38.6. The highest BCUT2D eigenvalue weighted by molar-refractivity contribution is 6.32. The molecule has 0 bridgehead atoms. The van der Waals surface area contributed by atoms with Crippen LogP contribution >= 0.6 is 11.6 Å². The minimum absolute atomic E-state index is 0.198. The van der Waals surface area contributed by atoms with Crippen molar-refractivity contribution in [3.05, 3.63) is 58.6 Å². The number of halogens is 1. The first kappa shape index (κ1) is 22.7. The number of amides is 3. The quantitative estimate of drug-likeness (QED) is 0.653. The monoisotopic (exact) mass is 469 g/mol. The Morgan fingerprint density at radius 3 is 2.58 bits per heavy atom. The Morgan fingerprint density at radius 2 is 1.82 bits per heavy atom. The van der Waals surface area contributed by atoms with Crippen molar-refractivity contribution in [3.8, 4) is 11.5 Å². The molecule has 0 aliphatic carbocycles. The minimum atomic E-state index is -0.395. The molecule has 2 aliphatic rings. The number of hydrogen-bond acceptors (Lipinski definition) is 5. The van der Waals surface area contributed by atoms with Crippen LogP contribution in [0.15, 0.2) is 42.5 Å². The summed E-state index contributed by atoms with van der Waals surface area (Å²) in [5.41, 5.74) is 6.86. The molecule has 0 aromatic heterocycles. The molecule has 3 N–H and O–H groups in total. The number of piperidine rings is 1. The van der Waals surface area contributed by atoms with E-state index in [2.05, 4.69) is 5.32 Å². The van der Waals surface area contributed by atoms with Crippen LogP contribution in [0.1, 0.15) is 28.8 Å². The van der Waals surface area contributed by atoms with Crippen molar-refractivity contribution in [3.63, 3.8) is 0 Å². The van der Waals surface area contributed by atoms with Crippen LogP contribution < -0.4 is 20.5 Å². The van der Waals surface area contributed by atoms with Gasteiger partial charge in [0, 0.05) is 25.1 Å². The van der Waals surface area contributed by atoms with Crippen molar-refractivity contribution in [2.45, 2.75) is 12.8 Å². The molecule has 1 saturated heterocycles. The average molecular weight is 470 g/mol. The predicted octanol–water partition coefficient (Wildman–Crippen LogP) is 3.10. The molecule has 0 saturated carbocycles. The Hall–Kier alpha value is -3.52. The molecule has 0 unspecified atom stereocenters. The van der Waals surface area contributed by atoms with Gasteiger partial charge in [0.1, 0.15) is 13.2 Å². The predicted molar refractivity (Wildman–Crippen MR) is 124 cm³/mol. The number of benzene rings is 2. The standard InChI is InChI=1S/C24H24ClN3O5/c25-18-13-15(14-20-22(18)33-12-11-32-20)5-6-21(29)27-19-4-2-1-3-17(19)24(31)28-9-7-16(8-10-28)23(26)30/h1-6,13-14,16H,7-12H2,(H2,26,30)(H,27,29). The second-order valence-electron chi connectivity index (χ2n) is 7.86. The van der Waals surface area contributed by atoms with Crippen LogP contribution in [0, 0.1) is 5.92 Å². The fourth-order valence-corrected chi connectivity index (χ4v) is 4.16. The first-order valence-corrected chi connectivity index (χ1v) is 11.1. The Labute approximate surface area is 196 Å². The number of para-hydroxylation sites is 1. The van der Waals surface area contributed by atoms with Gasteiger partial charge in [0.05, 0.1) is 16.3 Å². The van der Waals surface area contributed by atoms with E-state index in [-0.39, 0.29) is 17.7 Å². The number of ether oxygens (including phenoxy) is 2. The average Bonchev–Trinajstić information content (AvgIpc) is 2.83. The van der Waals surface area contributed by atoms with Crippen LogP contribution in [0.25, 0.3) is 6.08 Å². The maximum Gasteiger partial charge on any atom is 0.255 e. The van der Waals surface area contributed by atoms with E-state index >= 15 is 0 Å². The SMILES string of the molecule is NC(=O)C1CCN(C(=O)c2ccccc2NC(=O)C=Cc2cc(Cl)c3c(c2)OCCO3)CC1. The second-order valence-corrected chi connectivity index (χ2v) is 8.27. The summed E-state index contributed by atoms with van der Waals surface area (Å²) in [6.07, 6.45) is 4.05.